The Morgan fingerprint density at radius 2 is 2.36 bits per heavy atom. The monoisotopic (exact) mass is 149 g/mol. The molecule has 1 atom stereocenters. The van der Waals surface area contributed by atoms with Crippen LogP contribution >= 0.6 is 0 Å². The molecule has 1 heterocycles. The smallest absolute Gasteiger partial charge is 0.0806 e. The summed E-state index contributed by atoms with van der Waals surface area (Å²) in [5.74, 6) is 6.67. The Balaban J connectivity index is 2.47. The van der Waals surface area contributed by atoms with Gasteiger partial charge in [-0.3, -0.25) is 0 Å². The van der Waals surface area contributed by atoms with Crippen molar-refractivity contribution in [2.45, 2.75) is 20.3 Å². The van der Waals surface area contributed by atoms with Crippen molar-refractivity contribution < 1.29 is 0 Å². The van der Waals surface area contributed by atoms with Gasteiger partial charge in [0.25, 0.3) is 0 Å². The SMILES string of the molecule is C=C(C#CC)N1CCC(C)C1. The zero-order chi connectivity index (χ0) is 8.27. The van der Waals surface area contributed by atoms with Gasteiger partial charge in [0.1, 0.15) is 0 Å². The van der Waals surface area contributed by atoms with E-state index in [1.54, 1.807) is 0 Å². The molecule has 1 fully saturated rings. The van der Waals surface area contributed by atoms with Crippen LogP contribution in [0.5, 0.6) is 0 Å². The molecule has 1 aliphatic rings. The number of rotatable bonds is 1. The van der Waals surface area contributed by atoms with Gasteiger partial charge in [0.05, 0.1) is 5.70 Å². The van der Waals surface area contributed by atoms with Gasteiger partial charge in [-0.1, -0.05) is 25.3 Å². The molecule has 0 saturated carbocycles. The first-order valence-electron chi connectivity index (χ1n) is 4.10. The fourth-order valence-corrected chi connectivity index (χ4v) is 1.40. The van der Waals surface area contributed by atoms with Crippen molar-refractivity contribution in [1.82, 2.24) is 4.90 Å². The minimum atomic E-state index is 0.811. The molecule has 0 amide bonds. The maximum Gasteiger partial charge on any atom is 0.0806 e. The van der Waals surface area contributed by atoms with Gasteiger partial charge in [0.15, 0.2) is 0 Å². The molecule has 0 aromatic heterocycles. The van der Waals surface area contributed by atoms with E-state index < -0.39 is 0 Å². The van der Waals surface area contributed by atoms with Crippen molar-refractivity contribution in [2.75, 3.05) is 13.1 Å². The molecule has 0 radical (unpaired) electrons. The predicted octanol–water partition coefficient (Wildman–Crippen LogP) is 1.87. The molecular weight excluding hydrogens is 134 g/mol. The summed E-state index contributed by atoms with van der Waals surface area (Å²) in [6.45, 7) is 10.3. The molecule has 60 valence electrons. The van der Waals surface area contributed by atoms with Crippen LogP contribution in [-0.2, 0) is 0 Å². The molecule has 0 N–H and O–H groups in total. The lowest BCUT2D eigenvalue weighted by Gasteiger charge is -2.15. The van der Waals surface area contributed by atoms with Crippen molar-refractivity contribution >= 4 is 0 Å². The van der Waals surface area contributed by atoms with Crippen molar-refractivity contribution in [1.29, 1.82) is 0 Å². The molecule has 11 heavy (non-hydrogen) atoms. The highest BCUT2D eigenvalue weighted by Gasteiger charge is 2.18. The molecule has 0 aromatic rings. The van der Waals surface area contributed by atoms with Crippen LogP contribution < -0.4 is 0 Å². The third-order valence-electron chi connectivity index (χ3n) is 2.07. The molecule has 1 heteroatoms. The number of allylic oxidation sites excluding steroid dienone is 1. The van der Waals surface area contributed by atoms with Crippen LogP contribution in [0, 0.1) is 17.8 Å². The summed E-state index contributed by atoms with van der Waals surface area (Å²) in [6.07, 6.45) is 1.28. The first-order valence-corrected chi connectivity index (χ1v) is 4.10. The second kappa shape index (κ2) is 3.48. The molecule has 0 bridgehead atoms. The first kappa shape index (κ1) is 8.20. The van der Waals surface area contributed by atoms with Crippen molar-refractivity contribution in [3.63, 3.8) is 0 Å². The molecule has 1 unspecified atom stereocenters. The van der Waals surface area contributed by atoms with Crippen LogP contribution in [0.2, 0.25) is 0 Å². The third kappa shape index (κ3) is 2.01. The third-order valence-corrected chi connectivity index (χ3v) is 2.07. The van der Waals surface area contributed by atoms with Gasteiger partial charge < -0.3 is 4.90 Å². The number of nitrogens with zero attached hydrogens (tertiary/aromatic N) is 1. The van der Waals surface area contributed by atoms with E-state index in [0.29, 0.717) is 0 Å². The van der Waals surface area contributed by atoms with Crippen molar-refractivity contribution in [3.05, 3.63) is 12.3 Å². The Bertz CT molecular complexity index is 207. The van der Waals surface area contributed by atoms with Gasteiger partial charge in [-0.25, -0.2) is 0 Å². The maximum absolute atomic E-state index is 3.91. The molecule has 1 aliphatic heterocycles. The second-order valence-electron chi connectivity index (χ2n) is 3.16. The maximum atomic E-state index is 3.91. The lowest BCUT2D eigenvalue weighted by Crippen LogP contribution is -2.17. The second-order valence-corrected chi connectivity index (χ2v) is 3.16. The Hall–Kier alpha value is -0.900. The van der Waals surface area contributed by atoms with E-state index in [9.17, 15) is 0 Å². The van der Waals surface area contributed by atoms with Crippen LogP contribution in [0.25, 0.3) is 0 Å². The predicted molar refractivity (Wildman–Crippen MR) is 47.9 cm³/mol. The Morgan fingerprint density at radius 1 is 1.64 bits per heavy atom. The van der Waals surface area contributed by atoms with E-state index in [0.717, 1.165) is 24.7 Å². The summed E-state index contributed by atoms with van der Waals surface area (Å²) in [5, 5.41) is 0. The molecule has 1 rings (SSSR count). The molecule has 1 saturated heterocycles. The highest BCUT2D eigenvalue weighted by molar-refractivity contribution is 5.24. The van der Waals surface area contributed by atoms with E-state index in [1.165, 1.54) is 6.42 Å². The number of likely N-dealkylation sites (tertiary alicyclic amines) is 1. The fourth-order valence-electron chi connectivity index (χ4n) is 1.40. The summed E-state index contributed by atoms with van der Waals surface area (Å²) in [7, 11) is 0. The van der Waals surface area contributed by atoms with Gasteiger partial charge in [-0.05, 0) is 19.3 Å². The Labute approximate surface area is 69.1 Å². The van der Waals surface area contributed by atoms with Crippen LogP contribution in [0.1, 0.15) is 20.3 Å². The summed E-state index contributed by atoms with van der Waals surface area (Å²) in [4.78, 5) is 2.27. The van der Waals surface area contributed by atoms with E-state index >= 15 is 0 Å². The van der Waals surface area contributed by atoms with E-state index in [-0.39, 0.29) is 0 Å². The zero-order valence-electron chi connectivity index (χ0n) is 7.35. The fraction of sp³-hybridized carbons (Fsp3) is 0.600. The van der Waals surface area contributed by atoms with Gasteiger partial charge >= 0.3 is 0 Å². The summed E-state index contributed by atoms with van der Waals surface area (Å²) in [6, 6.07) is 0. The average molecular weight is 149 g/mol. The standard InChI is InChI=1S/C10H15N/c1-4-5-10(3)11-7-6-9(2)8-11/h9H,3,6-8H2,1-2H3. The molecule has 0 spiro atoms. The zero-order valence-corrected chi connectivity index (χ0v) is 7.35. The van der Waals surface area contributed by atoms with E-state index in [2.05, 4.69) is 30.2 Å². The highest BCUT2D eigenvalue weighted by Crippen LogP contribution is 2.18. The molecule has 0 aliphatic carbocycles. The Kier molecular flexibility index (Phi) is 2.59. The number of hydrogen-bond acceptors (Lipinski definition) is 1. The molecular formula is C10H15N. The minimum absolute atomic E-state index is 0.811. The lowest BCUT2D eigenvalue weighted by atomic mass is 10.2. The summed E-state index contributed by atoms with van der Waals surface area (Å²) >= 11 is 0. The topological polar surface area (TPSA) is 3.24 Å². The van der Waals surface area contributed by atoms with E-state index in [4.69, 9.17) is 0 Å². The summed E-state index contributed by atoms with van der Waals surface area (Å²) in [5.41, 5.74) is 0.983. The van der Waals surface area contributed by atoms with Crippen LogP contribution in [0.3, 0.4) is 0 Å². The Morgan fingerprint density at radius 3 is 2.82 bits per heavy atom. The van der Waals surface area contributed by atoms with Gasteiger partial charge in [-0.2, -0.15) is 0 Å². The minimum Gasteiger partial charge on any atom is -0.365 e. The normalized spacial score (nSPS) is 22.7. The quantitative estimate of drug-likeness (QED) is 0.514. The van der Waals surface area contributed by atoms with Crippen molar-refractivity contribution in [2.24, 2.45) is 5.92 Å². The van der Waals surface area contributed by atoms with Crippen LogP contribution in [-0.4, -0.2) is 18.0 Å². The van der Waals surface area contributed by atoms with Gasteiger partial charge in [-0.15, -0.1) is 0 Å². The first-order chi connectivity index (χ1) is 5.24. The van der Waals surface area contributed by atoms with Crippen LogP contribution in [0.4, 0.5) is 0 Å². The lowest BCUT2D eigenvalue weighted by molar-refractivity contribution is 0.428. The van der Waals surface area contributed by atoms with Crippen LogP contribution in [0.15, 0.2) is 12.3 Å². The number of hydrogen-bond donors (Lipinski definition) is 0. The highest BCUT2D eigenvalue weighted by atomic mass is 15.1. The largest absolute Gasteiger partial charge is 0.365 e. The molecule has 0 aromatic carbocycles. The van der Waals surface area contributed by atoms with E-state index in [1.807, 2.05) is 6.92 Å². The van der Waals surface area contributed by atoms with Gasteiger partial charge in [0, 0.05) is 13.1 Å². The average Bonchev–Trinajstić information content (AvgIpc) is 2.36. The molecule has 1 nitrogen and oxygen atoms in total. The summed E-state index contributed by atoms with van der Waals surface area (Å²) < 4.78 is 0. The van der Waals surface area contributed by atoms with Crippen molar-refractivity contribution in [3.8, 4) is 11.8 Å². The van der Waals surface area contributed by atoms with Gasteiger partial charge in [0.2, 0.25) is 0 Å².